The SMILES string of the molecule is C=C[C@]1(C)CC[C@@H](/C(=C/C=C/C(C)(C)O)C(=O)OC)C[C@H]1C(=C)C. The van der Waals surface area contributed by atoms with Gasteiger partial charge in [0.2, 0.25) is 0 Å². The van der Waals surface area contributed by atoms with E-state index in [0.29, 0.717) is 11.5 Å². The number of hydrogen-bond acceptors (Lipinski definition) is 3. The van der Waals surface area contributed by atoms with Gasteiger partial charge in [-0.1, -0.05) is 43.4 Å². The van der Waals surface area contributed by atoms with Crippen LogP contribution in [-0.2, 0) is 9.53 Å². The van der Waals surface area contributed by atoms with Gasteiger partial charge in [0.15, 0.2) is 0 Å². The second kappa shape index (κ2) is 7.98. The fraction of sp³-hybridized carbons (Fsp3) is 0.571. The molecule has 0 heterocycles. The largest absolute Gasteiger partial charge is 0.466 e. The van der Waals surface area contributed by atoms with Crippen LogP contribution < -0.4 is 0 Å². The number of ether oxygens (including phenoxy) is 1. The number of hydrogen-bond donors (Lipinski definition) is 1. The summed E-state index contributed by atoms with van der Waals surface area (Å²) < 4.78 is 4.98. The van der Waals surface area contributed by atoms with Crippen LogP contribution >= 0.6 is 0 Å². The lowest BCUT2D eigenvalue weighted by Gasteiger charge is -2.43. The highest BCUT2D eigenvalue weighted by molar-refractivity contribution is 5.89. The highest BCUT2D eigenvalue weighted by Crippen LogP contribution is 2.49. The number of methoxy groups -OCH3 is 1. The Hall–Kier alpha value is -1.61. The number of aliphatic hydroxyl groups is 1. The van der Waals surface area contributed by atoms with Crippen LogP contribution in [0, 0.1) is 17.3 Å². The molecule has 0 aromatic heterocycles. The highest BCUT2D eigenvalue weighted by atomic mass is 16.5. The van der Waals surface area contributed by atoms with Crippen LogP contribution in [0.25, 0.3) is 0 Å². The molecule has 0 unspecified atom stereocenters. The van der Waals surface area contributed by atoms with E-state index < -0.39 is 5.60 Å². The lowest BCUT2D eigenvalue weighted by atomic mass is 9.61. The Kier molecular flexibility index (Phi) is 6.79. The van der Waals surface area contributed by atoms with Gasteiger partial charge in [0, 0.05) is 5.57 Å². The molecule has 134 valence electrons. The molecule has 1 aliphatic rings. The molecular weight excluding hydrogens is 300 g/mol. The monoisotopic (exact) mass is 332 g/mol. The molecule has 0 aromatic rings. The van der Waals surface area contributed by atoms with E-state index in [1.54, 1.807) is 32.1 Å². The first kappa shape index (κ1) is 20.4. The molecule has 1 aliphatic carbocycles. The number of carbonyl (C=O) groups excluding carboxylic acids is 1. The topological polar surface area (TPSA) is 46.5 Å². The summed E-state index contributed by atoms with van der Waals surface area (Å²) in [5.41, 5.74) is 0.895. The third-order valence-corrected chi connectivity index (χ3v) is 5.05. The summed E-state index contributed by atoms with van der Waals surface area (Å²) in [5.74, 6) is 0.113. The van der Waals surface area contributed by atoms with Gasteiger partial charge in [0.05, 0.1) is 12.7 Å². The van der Waals surface area contributed by atoms with Crippen molar-refractivity contribution in [3.63, 3.8) is 0 Å². The van der Waals surface area contributed by atoms with E-state index in [-0.39, 0.29) is 17.3 Å². The third-order valence-electron chi connectivity index (χ3n) is 5.05. The molecule has 0 radical (unpaired) electrons. The quantitative estimate of drug-likeness (QED) is 0.335. The average molecular weight is 332 g/mol. The van der Waals surface area contributed by atoms with Crippen molar-refractivity contribution in [1.29, 1.82) is 0 Å². The molecule has 0 spiro atoms. The van der Waals surface area contributed by atoms with Crippen LogP contribution in [-0.4, -0.2) is 23.8 Å². The second-order valence-corrected chi connectivity index (χ2v) is 7.71. The maximum atomic E-state index is 12.2. The van der Waals surface area contributed by atoms with Crippen molar-refractivity contribution in [1.82, 2.24) is 0 Å². The molecule has 1 N–H and O–H groups in total. The van der Waals surface area contributed by atoms with Gasteiger partial charge in [0.25, 0.3) is 0 Å². The van der Waals surface area contributed by atoms with E-state index >= 15 is 0 Å². The van der Waals surface area contributed by atoms with Crippen molar-refractivity contribution < 1.29 is 14.6 Å². The number of esters is 1. The van der Waals surface area contributed by atoms with E-state index in [1.165, 1.54) is 7.11 Å². The predicted molar refractivity (Wildman–Crippen MR) is 99.5 cm³/mol. The average Bonchev–Trinajstić information content (AvgIpc) is 2.50. The van der Waals surface area contributed by atoms with Crippen LogP contribution in [0.3, 0.4) is 0 Å². The normalized spacial score (nSPS) is 28.7. The van der Waals surface area contributed by atoms with E-state index in [9.17, 15) is 9.90 Å². The molecule has 0 amide bonds. The smallest absolute Gasteiger partial charge is 0.334 e. The minimum atomic E-state index is -0.911. The highest BCUT2D eigenvalue weighted by Gasteiger charge is 2.40. The van der Waals surface area contributed by atoms with Gasteiger partial charge in [-0.15, -0.1) is 6.58 Å². The molecule has 0 saturated heterocycles. The minimum Gasteiger partial charge on any atom is -0.466 e. The van der Waals surface area contributed by atoms with Crippen LogP contribution in [0.5, 0.6) is 0 Å². The molecule has 0 aromatic carbocycles. The maximum Gasteiger partial charge on any atom is 0.334 e. The number of carbonyl (C=O) groups is 1. The lowest BCUT2D eigenvalue weighted by Crippen LogP contribution is -2.35. The van der Waals surface area contributed by atoms with Crippen LogP contribution in [0.2, 0.25) is 0 Å². The Morgan fingerprint density at radius 2 is 2.04 bits per heavy atom. The summed E-state index contributed by atoms with van der Waals surface area (Å²) in [6.45, 7) is 15.8. The van der Waals surface area contributed by atoms with Gasteiger partial charge < -0.3 is 9.84 Å². The van der Waals surface area contributed by atoms with E-state index in [0.717, 1.165) is 24.8 Å². The molecule has 3 heteroatoms. The van der Waals surface area contributed by atoms with Gasteiger partial charge in [0.1, 0.15) is 0 Å². The molecule has 0 bridgehead atoms. The Labute approximate surface area is 146 Å². The van der Waals surface area contributed by atoms with Gasteiger partial charge >= 0.3 is 5.97 Å². The van der Waals surface area contributed by atoms with E-state index in [1.807, 2.05) is 13.0 Å². The first-order chi connectivity index (χ1) is 11.0. The molecule has 3 atom stereocenters. The summed E-state index contributed by atoms with van der Waals surface area (Å²) in [6, 6.07) is 0. The number of rotatable bonds is 6. The Balaban J connectivity index is 3.10. The zero-order valence-corrected chi connectivity index (χ0v) is 15.8. The fourth-order valence-corrected chi connectivity index (χ4v) is 3.50. The van der Waals surface area contributed by atoms with Gasteiger partial charge in [-0.05, 0) is 57.3 Å². The molecule has 3 nitrogen and oxygen atoms in total. The van der Waals surface area contributed by atoms with Crippen molar-refractivity contribution in [2.45, 2.75) is 52.6 Å². The van der Waals surface area contributed by atoms with Gasteiger partial charge in [-0.3, -0.25) is 0 Å². The van der Waals surface area contributed by atoms with Crippen LogP contribution in [0.1, 0.15) is 47.0 Å². The van der Waals surface area contributed by atoms with Crippen LogP contribution in [0.15, 0.2) is 48.6 Å². The first-order valence-electron chi connectivity index (χ1n) is 8.53. The summed E-state index contributed by atoms with van der Waals surface area (Å²) in [6.07, 6.45) is 9.94. The zero-order valence-electron chi connectivity index (χ0n) is 15.8. The third kappa shape index (κ3) is 5.20. The molecule has 1 rings (SSSR count). The van der Waals surface area contributed by atoms with Crippen molar-refractivity contribution >= 4 is 5.97 Å². The lowest BCUT2D eigenvalue weighted by molar-refractivity contribution is -0.137. The summed E-state index contributed by atoms with van der Waals surface area (Å²) in [7, 11) is 1.41. The molecule has 24 heavy (non-hydrogen) atoms. The van der Waals surface area contributed by atoms with Gasteiger partial charge in [-0.25, -0.2) is 4.79 Å². The number of allylic oxidation sites excluding steroid dienone is 4. The summed E-state index contributed by atoms with van der Waals surface area (Å²) in [4.78, 5) is 12.2. The summed E-state index contributed by atoms with van der Waals surface area (Å²) in [5, 5.41) is 9.80. The maximum absolute atomic E-state index is 12.2. The van der Waals surface area contributed by atoms with Crippen molar-refractivity contribution in [3.8, 4) is 0 Å². The Bertz CT molecular complexity index is 548. The molecular formula is C21H32O3. The van der Waals surface area contributed by atoms with Crippen molar-refractivity contribution in [3.05, 3.63) is 48.6 Å². The predicted octanol–water partition coefficient (Wildman–Crippen LogP) is 4.60. The second-order valence-electron chi connectivity index (χ2n) is 7.71. The zero-order chi connectivity index (χ0) is 18.5. The minimum absolute atomic E-state index is 0.0203. The Morgan fingerprint density at radius 1 is 1.42 bits per heavy atom. The molecule has 1 saturated carbocycles. The van der Waals surface area contributed by atoms with Crippen LogP contribution in [0.4, 0.5) is 0 Å². The van der Waals surface area contributed by atoms with Gasteiger partial charge in [-0.2, -0.15) is 0 Å². The Morgan fingerprint density at radius 3 is 2.50 bits per heavy atom. The molecule has 1 fully saturated rings. The van der Waals surface area contributed by atoms with E-state index in [2.05, 4.69) is 20.1 Å². The fourth-order valence-electron chi connectivity index (χ4n) is 3.50. The molecule has 0 aliphatic heterocycles. The van der Waals surface area contributed by atoms with E-state index in [4.69, 9.17) is 4.74 Å². The summed E-state index contributed by atoms with van der Waals surface area (Å²) >= 11 is 0. The standard InChI is InChI=1S/C21H32O3/c1-8-21(6)13-11-16(14-18(21)15(2)3)17(19(22)24-7)10-9-12-20(4,5)23/h8-10,12,16,18,23H,1-2,11,13-14H2,3-7H3/b12-9+,17-10-/t16-,18+,21-/m1/s1. The first-order valence-corrected chi connectivity index (χ1v) is 8.53. The van der Waals surface area contributed by atoms with Crippen molar-refractivity contribution in [2.75, 3.05) is 7.11 Å². The van der Waals surface area contributed by atoms with Crippen molar-refractivity contribution in [2.24, 2.45) is 17.3 Å².